The minimum absolute atomic E-state index is 0.0980. The third-order valence-electron chi connectivity index (χ3n) is 3.13. The van der Waals surface area contributed by atoms with Gasteiger partial charge in [-0.3, -0.25) is 0 Å². The number of hydrogen-bond donors (Lipinski definition) is 1. The number of hydrogen-bond acceptors (Lipinski definition) is 3. The first kappa shape index (κ1) is 15.5. The van der Waals surface area contributed by atoms with E-state index in [-0.39, 0.29) is 6.10 Å². The smallest absolute Gasteiger partial charge is 0.144 e. The van der Waals surface area contributed by atoms with Crippen LogP contribution in [0.5, 0.6) is 5.75 Å². The van der Waals surface area contributed by atoms with E-state index in [0.29, 0.717) is 5.69 Å². The Labute approximate surface area is 131 Å². The van der Waals surface area contributed by atoms with Gasteiger partial charge in [-0.05, 0) is 43.7 Å². The van der Waals surface area contributed by atoms with Crippen LogP contribution < -0.4 is 15.4 Å². The van der Waals surface area contributed by atoms with Gasteiger partial charge in [-0.25, -0.2) is 0 Å². The highest BCUT2D eigenvalue weighted by atomic mass is 35.5. The summed E-state index contributed by atoms with van der Waals surface area (Å²) in [6, 6.07) is 13.7. The molecule has 0 saturated carbocycles. The van der Waals surface area contributed by atoms with Gasteiger partial charge in [0.2, 0.25) is 0 Å². The number of benzene rings is 2. The molecule has 0 saturated heterocycles. The third kappa shape index (κ3) is 4.05. The van der Waals surface area contributed by atoms with Crippen LogP contribution in [0.4, 0.5) is 11.4 Å². The van der Waals surface area contributed by atoms with Crippen molar-refractivity contribution in [3.63, 3.8) is 0 Å². The molecule has 21 heavy (non-hydrogen) atoms. The first-order valence-corrected chi connectivity index (χ1v) is 7.36. The van der Waals surface area contributed by atoms with E-state index in [0.717, 1.165) is 28.6 Å². The second kappa shape index (κ2) is 6.72. The van der Waals surface area contributed by atoms with E-state index in [1.54, 1.807) is 0 Å². The molecule has 0 aliphatic rings. The van der Waals surface area contributed by atoms with Crippen molar-refractivity contribution in [2.75, 3.05) is 17.7 Å². The van der Waals surface area contributed by atoms with Crippen molar-refractivity contribution < 1.29 is 4.74 Å². The van der Waals surface area contributed by atoms with Crippen molar-refractivity contribution in [3.05, 3.63) is 53.1 Å². The number of ether oxygens (including phenoxy) is 1. The summed E-state index contributed by atoms with van der Waals surface area (Å²) in [4.78, 5) is 2.09. The maximum atomic E-state index is 6.22. The Morgan fingerprint density at radius 3 is 2.57 bits per heavy atom. The topological polar surface area (TPSA) is 38.5 Å². The predicted octanol–water partition coefficient (Wildman–Crippen LogP) is 4.35. The van der Waals surface area contributed by atoms with E-state index in [4.69, 9.17) is 22.1 Å². The monoisotopic (exact) mass is 304 g/mol. The Balaban J connectivity index is 2.21. The Morgan fingerprint density at radius 1 is 1.19 bits per heavy atom. The van der Waals surface area contributed by atoms with E-state index in [1.165, 1.54) is 0 Å². The lowest BCUT2D eigenvalue weighted by atomic mass is 10.2. The van der Waals surface area contributed by atoms with Crippen molar-refractivity contribution in [1.82, 2.24) is 0 Å². The fraction of sp³-hybridized carbons (Fsp3) is 0.294. The molecule has 0 spiro atoms. The van der Waals surface area contributed by atoms with Crippen molar-refractivity contribution in [2.24, 2.45) is 0 Å². The lowest BCUT2D eigenvalue weighted by Crippen LogP contribution is -2.18. The summed E-state index contributed by atoms with van der Waals surface area (Å²) in [6.07, 6.45) is 0.0980. The minimum atomic E-state index is 0.0980. The SMILES string of the molecule is CC(C)Oc1cccc(N(C)Cc2cccc(Cl)c2)c1N. The zero-order valence-electron chi connectivity index (χ0n) is 12.6. The van der Waals surface area contributed by atoms with Gasteiger partial charge in [-0.2, -0.15) is 0 Å². The van der Waals surface area contributed by atoms with Crippen LogP contribution in [0, 0.1) is 0 Å². The van der Waals surface area contributed by atoms with Crippen molar-refractivity contribution in [2.45, 2.75) is 26.5 Å². The summed E-state index contributed by atoms with van der Waals surface area (Å²) in [5, 5.41) is 0.741. The van der Waals surface area contributed by atoms with Crippen LogP contribution in [0.15, 0.2) is 42.5 Å². The summed E-state index contributed by atoms with van der Waals surface area (Å²) in [7, 11) is 2.01. The molecule has 0 aromatic heterocycles. The molecule has 4 heteroatoms. The van der Waals surface area contributed by atoms with Gasteiger partial charge in [0.1, 0.15) is 5.75 Å². The van der Waals surface area contributed by atoms with E-state index < -0.39 is 0 Å². The molecule has 3 nitrogen and oxygen atoms in total. The molecule has 0 aliphatic heterocycles. The van der Waals surface area contributed by atoms with Gasteiger partial charge in [-0.15, -0.1) is 0 Å². The van der Waals surface area contributed by atoms with Crippen molar-refractivity contribution in [3.8, 4) is 5.75 Å². The molecule has 0 radical (unpaired) electrons. The fourth-order valence-corrected chi connectivity index (χ4v) is 2.43. The molecule has 0 aliphatic carbocycles. The summed E-state index contributed by atoms with van der Waals surface area (Å²) in [5.41, 5.74) is 8.98. The number of anilines is 2. The second-order valence-corrected chi connectivity index (χ2v) is 5.78. The van der Waals surface area contributed by atoms with Crippen LogP contribution in [-0.2, 0) is 6.54 Å². The number of halogens is 1. The number of nitrogens with two attached hydrogens (primary N) is 1. The quantitative estimate of drug-likeness (QED) is 0.835. The highest BCUT2D eigenvalue weighted by Crippen LogP contribution is 2.33. The highest BCUT2D eigenvalue weighted by Gasteiger charge is 2.11. The van der Waals surface area contributed by atoms with Gasteiger partial charge in [0, 0.05) is 18.6 Å². The van der Waals surface area contributed by atoms with E-state index in [1.807, 2.05) is 63.4 Å². The van der Waals surface area contributed by atoms with Gasteiger partial charge >= 0.3 is 0 Å². The number of nitrogen functional groups attached to an aromatic ring is 1. The fourth-order valence-electron chi connectivity index (χ4n) is 2.22. The Bertz CT molecular complexity index is 613. The number of para-hydroxylation sites is 1. The van der Waals surface area contributed by atoms with E-state index in [9.17, 15) is 0 Å². The van der Waals surface area contributed by atoms with Gasteiger partial charge < -0.3 is 15.4 Å². The first-order valence-electron chi connectivity index (χ1n) is 6.98. The van der Waals surface area contributed by atoms with Crippen LogP contribution in [0.25, 0.3) is 0 Å². The van der Waals surface area contributed by atoms with E-state index >= 15 is 0 Å². The molecular weight excluding hydrogens is 284 g/mol. The summed E-state index contributed by atoms with van der Waals surface area (Å²) in [6.45, 7) is 4.71. The average Bonchev–Trinajstić information content (AvgIpc) is 2.40. The van der Waals surface area contributed by atoms with Crippen LogP contribution in [0.3, 0.4) is 0 Å². The first-order chi connectivity index (χ1) is 9.97. The zero-order valence-corrected chi connectivity index (χ0v) is 13.4. The lowest BCUT2D eigenvalue weighted by Gasteiger charge is -2.23. The maximum absolute atomic E-state index is 6.22. The third-order valence-corrected chi connectivity index (χ3v) is 3.36. The highest BCUT2D eigenvalue weighted by molar-refractivity contribution is 6.30. The molecule has 112 valence electrons. The normalized spacial score (nSPS) is 10.7. The molecule has 2 rings (SSSR count). The minimum Gasteiger partial charge on any atom is -0.489 e. The molecular formula is C17H21ClN2O. The van der Waals surface area contributed by atoms with Gasteiger partial charge in [0.25, 0.3) is 0 Å². The summed E-state index contributed by atoms with van der Waals surface area (Å²) in [5.74, 6) is 0.723. The average molecular weight is 305 g/mol. The number of nitrogens with zero attached hydrogens (tertiary/aromatic N) is 1. The van der Waals surface area contributed by atoms with Crippen LogP contribution in [0.2, 0.25) is 5.02 Å². The van der Waals surface area contributed by atoms with E-state index in [2.05, 4.69) is 4.90 Å². The van der Waals surface area contributed by atoms with Gasteiger partial charge in [-0.1, -0.05) is 29.8 Å². The largest absolute Gasteiger partial charge is 0.489 e. The predicted molar refractivity (Wildman–Crippen MR) is 90.2 cm³/mol. The Hall–Kier alpha value is -1.87. The standard InChI is InChI=1S/C17H21ClN2O/c1-12(2)21-16-9-5-8-15(17(16)19)20(3)11-13-6-4-7-14(18)10-13/h4-10,12H,11,19H2,1-3H3. The summed E-state index contributed by atoms with van der Waals surface area (Å²) >= 11 is 6.02. The van der Waals surface area contributed by atoms with Crippen LogP contribution in [0.1, 0.15) is 19.4 Å². The molecule has 0 heterocycles. The van der Waals surface area contributed by atoms with Crippen molar-refractivity contribution >= 4 is 23.0 Å². The molecule has 0 unspecified atom stereocenters. The molecule has 2 N–H and O–H groups in total. The molecule has 2 aromatic carbocycles. The Morgan fingerprint density at radius 2 is 1.90 bits per heavy atom. The van der Waals surface area contributed by atoms with Crippen LogP contribution in [-0.4, -0.2) is 13.2 Å². The lowest BCUT2D eigenvalue weighted by molar-refractivity contribution is 0.244. The molecule has 2 aromatic rings. The summed E-state index contributed by atoms with van der Waals surface area (Å²) < 4.78 is 5.73. The molecule has 0 fully saturated rings. The van der Waals surface area contributed by atoms with Gasteiger partial charge in [0.05, 0.1) is 17.5 Å². The maximum Gasteiger partial charge on any atom is 0.144 e. The Kier molecular flexibility index (Phi) is 4.97. The molecule has 0 amide bonds. The number of rotatable bonds is 5. The van der Waals surface area contributed by atoms with Gasteiger partial charge in [0.15, 0.2) is 0 Å². The zero-order chi connectivity index (χ0) is 15.4. The second-order valence-electron chi connectivity index (χ2n) is 5.34. The van der Waals surface area contributed by atoms with Crippen LogP contribution >= 0.6 is 11.6 Å². The molecule has 0 bridgehead atoms. The molecule has 0 atom stereocenters. The van der Waals surface area contributed by atoms with Crippen molar-refractivity contribution in [1.29, 1.82) is 0 Å².